The summed E-state index contributed by atoms with van der Waals surface area (Å²) in [6.07, 6.45) is 1.79. The number of benzene rings is 1. The fourth-order valence-corrected chi connectivity index (χ4v) is 2.72. The van der Waals surface area contributed by atoms with Gasteiger partial charge in [-0.15, -0.1) is 0 Å². The third-order valence-electron chi connectivity index (χ3n) is 3.71. The van der Waals surface area contributed by atoms with E-state index in [1.807, 2.05) is 24.3 Å². The van der Waals surface area contributed by atoms with Gasteiger partial charge in [-0.05, 0) is 12.1 Å². The van der Waals surface area contributed by atoms with Gasteiger partial charge in [0.2, 0.25) is 0 Å². The molecule has 2 aromatic rings. The van der Waals surface area contributed by atoms with E-state index in [4.69, 9.17) is 0 Å². The second-order valence-corrected chi connectivity index (χ2v) is 5.16. The van der Waals surface area contributed by atoms with E-state index < -0.39 is 0 Å². The number of aromatic nitrogens is 2. The summed E-state index contributed by atoms with van der Waals surface area (Å²) in [6, 6.07) is 7.74. The summed E-state index contributed by atoms with van der Waals surface area (Å²) >= 11 is 0. The number of carbonyl (C=O) groups excluding carboxylic acids is 1. The zero-order valence-electron chi connectivity index (χ0n) is 10.3. The van der Waals surface area contributed by atoms with E-state index in [-0.39, 0.29) is 11.6 Å². The Kier molecular flexibility index (Phi) is 1.98. The highest BCUT2D eigenvalue weighted by atomic mass is 16.2. The lowest BCUT2D eigenvalue weighted by Crippen LogP contribution is -2.69. The summed E-state index contributed by atoms with van der Waals surface area (Å²) in [5, 5.41) is 5.76. The Morgan fingerprint density at radius 2 is 2.00 bits per heavy atom. The average molecular weight is 255 g/mol. The van der Waals surface area contributed by atoms with Gasteiger partial charge in [0, 0.05) is 19.6 Å². The van der Waals surface area contributed by atoms with Gasteiger partial charge in [-0.2, -0.15) is 0 Å². The smallest absolute Gasteiger partial charge is 0.315 e. The van der Waals surface area contributed by atoms with E-state index in [1.54, 1.807) is 6.20 Å². The van der Waals surface area contributed by atoms with Gasteiger partial charge in [0.05, 0.1) is 22.8 Å². The van der Waals surface area contributed by atoms with Gasteiger partial charge < -0.3 is 15.5 Å². The first kappa shape index (κ1) is 10.5. The molecule has 0 unspecified atom stereocenters. The summed E-state index contributed by atoms with van der Waals surface area (Å²) in [5.41, 5.74) is 1.68. The quantitative estimate of drug-likeness (QED) is 0.778. The number of nitrogens with zero attached hydrogens (tertiary/aromatic N) is 3. The Morgan fingerprint density at radius 1 is 1.21 bits per heavy atom. The summed E-state index contributed by atoms with van der Waals surface area (Å²) in [7, 11) is 0. The number of urea groups is 1. The summed E-state index contributed by atoms with van der Waals surface area (Å²) in [6.45, 7) is 2.24. The van der Waals surface area contributed by atoms with Crippen molar-refractivity contribution in [3.05, 3.63) is 30.5 Å². The molecule has 0 radical (unpaired) electrons. The highest BCUT2D eigenvalue weighted by molar-refractivity contribution is 5.79. The lowest BCUT2D eigenvalue weighted by atomic mass is 9.91. The second-order valence-electron chi connectivity index (χ2n) is 5.16. The lowest BCUT2D eigenvalue weighted by molar-refractivity contribution is 0.240. The van der Waals surface area contributed by atoms with Crippen LogP contribution in [0.4, 0.5) is 10.6 Å². The molecular weight excluding hydrogens is 242 g/mol. The van der Waals surface area contributed by atoms with Crippen LogP contribution in [0.1, 0.15) is 0 Å². The molecule has 19 heavy (non-hydrogen) atoms. The van der Waals surface area contributed by atoms with E-state index in [0.717, 1.165) is 29.9 Å². The highest BCUT2D eigenvalue weighted by Crippen LogP contribution is 2.28. The molecule has 0 aliphatic carbocycles. The van der Waals surface area contributed by atoms with Crippen molar-refractivity contribution in [1.29, 1.82) is 0 Å². The van der Waals surface area contributed by atoms with Crippen LogP contribution >= 0.6 is 0 Å². The van der Waals surface area contributed by atoms with Gasteiger partial charge >= 0.3 is 6.03 Å². The maximum atomic E-state index is 11.2. The molecule has 2 N–H and O–H groups in total. The first-order valence-corrected chi connectivity index (χ1v) is 6.27. The molecule has 2 aliphatic heterocycles. The number of anilines is 1. The van der Waals surface area contributed by atoms with Gasteiger partial charge in [0.1, 0.15) is 5.82 Å². The van der Waals surface area contributed by atoms with Crippen LogP contribution in [0.15, 0.2) is 30.5 Å². The normalized spacial score (nSPS) is 20.2. The number of amides is 2. The van der Waals surface area contributed by atoms with Crippen LogP contribution in [-0.2, 0) is 0 Å². The Bertz CT molecular complexity index is 665. The maximum absolute atomic E-state index is 11.2. The first-order valence-electron chi connectivity index (χ1n) is 6.27. The zero-order valence-corrected chi connectivity index (χ0v) is 10.3. The lowest BCUT2D eigenvalue weighted by Gasteiger charge is -2.47. The van der Waals surface area contributed by atoms with E-state index in [9.17, 15) is 4.79 Å². The van der Waals surface area contributed by atoms with Crippen molar-refractivity contribution in [1.82, 2.24) is 20.6 Å². The van der Waals surface area contributed by atoms with Crippen LogP contribution in [0.25, 0.3) is 11.0 Å². The molecule has 0 atom stereocenters. The fourth-order valence-electron chi connectivity index (χ4n) is 2.72. The highest BCUT2D eigenvalue weighted by Gasteiger charge is 2.48. The fraction of sp³-hybridized carbons (Fsp3) is 0.308. The van der Waals surface area contributed by atoms with Gasteiger partial charge in [-0.1, -0.05) is 12.1 Å². The number of hydrogen-bond donors (Lipinski definition) is 2. The number of para-hydroxylation sites is 2. The van der Waals surface area contributed by atoms with Crippen molar-refractivity contribution in [2.45, 2.75) is 5.54 Å². The molecule has 4 rings (SSSR count). The number of hydrogen-bond acceptors (Lipinski definition) is 4. The van der Waals surface area contributed by atoms with Crippen LogP contribution in [0.2, 0.25) is 0 Å². The standard InChI is InChI=1S/C13H13N5O/c19-12-15-6-13(17-12)7-18(8-13)11-5-14-9-3-1-2-4-10(9)16-11/h1-5H,6-8H2,(H2,15,17,19). The molecule has 2 amide bonds. The van der Waals surface area contributed by atoms with E-state index in [2.05, 4.69) is 25.5 Å². The minimum atomic E-state index is -0.121. The molecule has 0 bridgehead atoms. The number of fused-ring (bicyclic) bond motifs is 1. The van der Waals surface area contributed by atoms with Crippen molar-refractivity contribution >= 4 is 22.9 Å². The average Bonchev–Trinajstić information content (AvgIpc) is 2.79. The number of carbonyl (C=O) groups is 1. The van der Waals surface area contributed by atoms with Crippen molar-refractivity contribution < 1.29 is 4.79 Å². The molecule has 3 heterocycles. The molecule has 1 spiro atoms. The van der Waals surface area contributed by atoms with Crippen LogP contribution < -0.4 is 15.5 Å². The van der Waals surface area contributed by atoms with Gasteiger partial charge in [-0.3, -0.25) is 4.98 Å². The maximum Gasteiger partial charge on any atom is 0.315 e. The van der Waals surface area contributed by atoms with Crippen molar-refractivity contribution in [3.8, 4) is 0 Å². The molecule has 2 saturated heterocycles. The Morgan fingerprint density at radius 3 is 2.74 bits per heavy atom. The summed E-state index contributed by atoms with van der Waals surface area (Å²) in [5.74, 6) is 0.866. The van der Waals surface area contributed by atoms with E-state index in [0.29, 0.717) is 6.54 Å². The Hall–Kier alpha value is -2.37. The zero-order chi connectivity index (χ0) is 12.9. The molecule has 1 aromatic carbocycles. The van der Waals surface area contributed by atoms with Crippen LogP contribution in [0.5, 0.6) is 0 Å². The summed E-state index contributed by atoms with van der Waals surface area (Å²) < 4.78 is 0. The second kappa shape index (κ2) is 3.57. The van der Waals surface area contributed by atoms with Crippen LogP contribution in [0.3, 0.4) is 0 Å². The van der Waals surface area contributed by atoms with Gasteiger partial charge in [0.25, 0.3) is 0 Å². The molecule has 2 aliphatic rings. The topological polar surface area (TPSA) is 70.2 Å². The van der Waals surface area contributed by atoms with E-state index in [1.165, 1.54) is 0 Å². The monoisotopic (exact) mass is 255 g/mol. The predicted octanol–water partition coefficient (Wildman–Crippen LogP) is 0.501. The first-order chi connectivity index (χ1) is 9.24. The molecule has 2 fully saturated rings. The third-order valence-corrected chi connectivity index (χ3v) is 3.71. The number of rotatable bonds is 1. The van der Waals surface area contributed by atoms with Crippen molar-refractivity contribution in [3.63, 3.8) is 0 Å². The Labute approximate surface area is 109 Å². The minimum Gasteiger partial charge on any atom is -0.350 e. The summed E-state index contributed by atoms with van der Waals surface area (Å²) in [4.78, 5) is 22.3. The molecule has 0 saturated carbocycles. The van der Waals surface area contributed by atoms with Crippen LogP contribution in [-0.4, -0.2) is 41.2 Å². The van der Waals surface area contributed by atoms with Crippen molar-refractivity contribution in [2.24, 2.45) is 0 Å². The van der Waals surface area contributed by atoms with Crippen molar-refractivity contribution in [2.75, 3.05) is 24.5 Å². The molecular formula is C13H13N5O. The Balaban J connectivity index is 1.58. The molecule has 6 nitrogen and oxygen atoms in total. The van der Waals surface area contributed by atoms with Crippen LogP contribution in [0, 0.1) is 0 Å². The van der Waals surface area contributed by atoms with Gasteiger partial charge in [-0.25, -0.2) is 9.78 Å². The molecule has 6 heteroatoms. The molecule has 96 valence electrons. The number of nitrogens with one attached hydrogen (secondary N) is 2. The SMILES string of the molecule is O=C1NCC2(CN(c3cnc4ccccc4n3)C2)N1. The van der Waals surface area contributed by atoms with E-state index >= 15 is 0 Å². The van der Waals surface area contributed by atoms with Gasteiger partial charge in [0.15, 0.2) is 0 Å². The third kappa shape index (κ3) is 1.60. The molecule has 1 aromatic heterocycles. The minimum absolute atomic E-state index is 0.0794. The predicted molar refractivity (Wildman–Crippen MR) is 71.0 cm³/mol. The largest absolute Gasteiger partial charge is 0.350 e.